The Labute approximate surface area is 146 Å². The van der Waals surface area contributed by atoms with E-state index in [1.54, 1.807) is 13.0 Å². The van der Waals surface area contributed by atoms with Gasteiger partial charge in [0, 0.05) is 12.6 Å². The smallest absolute Gasteiger partial charge is 0.359 e. The van der Waals surface area contributed by atoms with Crippen molar-refractivity contribution in [3.63, 3.8) is 0 Å². The molecule has 9 nitrogen and oxygen atoms in total. The maximum atomic E-state index is 13.4. The lowest BCUT2D eigenvalue weighted by atomic mass is 10.1. The third-order valence-electron chi connectivity index (χ3n) is 4.29. The van der Waals surface area contributed by atoms with Gasteiger partial charge >= 0.3 is 11.7 Å². The van der Waals surface area contributed by atoms with E-state index in [2.05, 4.69) is 15.6 Å². The number of hydrogen-bond acceptors (Lipinski definition) is 6. The van der Waals surface area contributed by atoms with Gasteiger partial charge in [-0.3, -0.25) is 0 Å². The predicted molar refractivity (Wildman–Crippen MR) is 86.3 cm³/mol. The van der Waals surface area contributed by atoms with Gasteiger partial charge in [0.15, 0.2) is 5.76 Å². The summed E-state index contributed by atoms with van der Waals surface area (Å²) in [6.45, 7) is 2.26. The first-order valence-electron chi connectivity index (χ1n) is 8.10. The molecule has 10 heteroatoms. The zero-order chi connectivity index (χ0) is 18.3. The van der Waals surface area contributed by atoms with Crippen molar-refractivity contribution < 1.29 is 13.7 Å². The summed E-state index contributed by atoms with van der Waals surface area (Å²) < 4.78 is 20.2. The highest BCUT2D eigenvalue weighted by atomic mass is 19.1. The summed E-state index contributed by atoms with van der Waals surface area (Å²) in [4.78, 5) is 26.8. The maximum Gasteiger partial charge on any atom is 0.377 e. The molecular weight excluding hydrogens is 343 g/mol. The molecule has 0 aliphatic carbocycles. The van der Waals surface area contributed by atoms with Crippen molar-refractivity contribution in [1.82, 2.24) is 29.8 Å². The van der Waals surface area contributed by atoms with Crippen LogP contribution in [0.1, 0.15) is 30.3 Å². The quantitative estimate of drug-likeness (QED) is 0.646. The minimum atomic E-state index is -0.764. The first-order valence-corrected chi connectivity index (χ1v) is 8.10. The molecule has 1 aliphatic rings. The van der Waals surface area contributed by atoms with E-state index in [1.807, 2.05) is 0 Å². The molecular formula is C16H15FN6O3. The number of benzene rings is 1. The first-order chi connectivity index (χ1) is 12.5. The minimum Gasteiger partial charge on any atom is -0.359 e. The molecule has 2 aromatic heterocycles. The summed E-state index contributed by atoms with van der Waals surface area (Å²) in [5.74, 6) is 0.0505. The molecule has 1 saturated heterocycles. The first kappa shape index (κ1) is 16.2. The van der Waals surface area contributed by atoms with Crippen LogP contribution in [0.4, 0.5) is 9.18 Å². The summed E-state index contributed by atoms with van der Waals surface area (Å²) in [5, 5.41) is 11.2. The lowest BCUT2D eigenvalue weighted by Gasteiger charge is -2.21. The lowest BCUT2D eigenvalue weighted by molar-refractivity contribution is 0.179. The molecule has 0 spiro atoms. The third-order valence-corrected chi connectivity index (χ3v) is 4.29. The topological polar surface area (TPSA) is 99.1 Å². The molecule has 0 radical (unpaired) electrons. The fourth-order valence-electron chi connectivity index (χ4n) is 3.09. The molecule has 134 valence electrons. The summed E-state index contributed by atoms with van der Waals surface area (Å²) in [6, 6.07) is 6.19. The Hall–Kier alpha value is -3.30. The van der Waals surface area contributed by atoms with E-state index in [4.69, 9.17) is 4.52 Å². The second-order valence-corrected chi connectivity index (χ2v) is 6.07. The van der Waals surface area contributed by atoms with Crippen LogP contribution >= 0.6 is 0 Å². The molecule has 0 saturated carbocycles. The molecule has 3 heterocycles. The molecule has 26 heavy (non-hydrogen) atoms. The van der Waals surface area contributed by atoms with Gasteiger partial charge in [0.05, 0.1) is 17.4 Å². The van der Waals surface area contributed by atoms with Crippen molar-refractivity contribution in [3.05, 3.63) is 58.1 Å². The number of rotatable bonds is 2. The van der Waals surface area contributed by atoms with Gasteiger partial charge in [0.2, 0.25) is 0 Å². The maximum absolute atomic E-state index is 13.4. The molecule has 0 N–H and O–H groups in total. The van der Waals surface area contributed by atoms with Crippen LogP contribution in [0.25, 0.3) is 5.69 Å². The molecule has 1 amide bonds. The number of halogens is 1. The number of nitrogens with zero attached hydrogens (tertiary/aromatic N) is 6. The molecule has 1 fully saturated rings. The summed E-state index contributed by atoms with van der Waals surface area (Å²) in [7, 11) is 0. The van der Waals surface area contributed by atoms with Crippen molar-refractivity contribution >= 4 is 6.03 Å². The van der Waals surface area contributed by atoms with Crippen LogP contribution in [0.3, 0.4) is 0 Å². The third kappa shape index (κ3) is 2.68. The number of tetrazole rings is 1. The highest BCUT2D eigenvalue weighted by Gasteiger charge is 2.35. The van der Waals surface area contributed by atoms with Crippen LogP contribution in [-0.4, -0.2) is 42.4 Å². The number of hydrogen-bond donors (Lipinski definition) is 0. The highest BCUT2D eigenvalue weighted by molar-refractivity contribution is 5.76. The Kier molecular flexibility index (Phi) is 3.86. The molecule has 3 aromatic rings. The Balaban J connectivity index is 1.65. The van der Waals surface area contributed by atoms with Gasteiger partial charge in [0.1, 0.15) is 5.82 Å². The fraction of sp³-hybridized carbons (Fsp3) is 0.312. The van der Waals surface area contributed by atoms with Crippen LogP contribution in [0.5, 0.6) is 0 Å². The Morgan fingerprint density at radius 1 is 1.31 bits per heavy atom. The predicted octanol–water partition coefficient (Wildman–Crippen LogP) is 1.67. The van der Waals surface area contributed by atoms with E-state index in [0.29, 0.717) is 29.1 Å². The number of carbonyl (C=O) groups excluding carboxylic acids is 1. The van der Waals surface area contributed by atoms with E-state index >= 15 is 0 Å². The summed E-state index contributed by atoms with van der Waals surface area (Å²) >= 11 is 0. The van der Waals surface area contributed by atoms with Crippen LogP contribution in [0.15, 0.2) is 39.6 Å². The van der Waals surface area contributed by atoms with Crippen molar-refractivity contribution in [2.75, 3.05) is 6.54 Å². The standard InChI is InChI=1S/C16H15FN6O3/c1-10-8-14(26-18-10)13-6-3-7-21(13)15(24)23-16(25)22(19-20-23)12-5-2-4-11(17)9-12/h2,4-5,8-9,13H,3,6-7H2,1H3. The number of aromatic nitrogens is 5. The average molecular weight is 358 g/mol. The number of aryl methyl sites for hydroxylation is 1. The summed E-state index contributed by atoms with van der Waals surface area (Å²) in [6.07, 6.45) is 1.47. The molecule has 1 atom stereocenters. The van der Waals surface area contributed by atoms with Crippen molar-refractivity contribution in [2.24, 2.45) is 0 Å². The second kappa shape index (κ2) is 6.21. The highest BCUT2D eigenvalue weighted by Crippen LogP contribution is 2.32. The fourth-order valence-corrected chi connectivity index (χ4v) is 3.09. The van der Waals surface area contributed by atoms with Gasteiger partial charge in [-0.25, -0.2) is 14.0 Å². The largest absolute Gasteiger partial charge is 0.377 e. The normalized spacial score (nSPS) is 17.0. The average Bonchev–Trinajstić information content (AvgIpc) is 3.33. The van der Waals surface area contributed by atoms with Crippen LogP contribution in [0.2, 0.25) is 0 Å². The van der Waals surface area contributed by atoms with Crippen molar-refractivity contribution in [3.8, 4) is 5.69 Å². The molecule has 1 unspecified atom stereocenters. The number of amides is 1. The van der Waals surface area contributed by atoms with Gasteiger partial charge < -0.3 is 9.42 Å². The van der Waals surface area contributed by atoms with Gasteiger partial charge in [-0.1, -0.05) is 11.2 Å². The molecule has 1 aromatic carbocycles. The second-order valence-electron chi connectivity index (χ2n) is 6.07. The SMILES string of the molecule is Cc1cc(C2CCCN2C(=O)n2nnn(-c3cccc(F)c3)c2=O)on1. The van der Waals surface area contributed by atoms with Crippen LogP contribution in [-0.2, 0) is 0 Å². The zero-order valence-electron chi connectivity index (χ0n) is 13.9. The minimum absolute atomic E-state index is 0.192. The Morgan fingerprint density at radius 3 is 2.88 bits per heavy atom. The van der Waals surface area contributed by atoms with Crippen molar-refractivity contribution in [1.29, 1.82) is 0 Å². The Bertz CT molecular complexity index is 1020. The van der Waals surface area contributed by atoms with Crippen molar-refractivity contribution in [2.45, 2.75) is 25.8 Å². The Morgan fingerprint density at radius 2 is 2.15 bits per heavy atom. The van der Waals surface area contributed by atoms with Gasteiger partial charge in [-0.2, -0.15) is 4.68 Å². The zero-order valence-corrected chi connectivity index (χ0v) is 13.9. The van der Waals surface area contributed by atoms with E-state index < -0.39 is 17.5 Å². The van der Waals surface area contributed by atoms with E-state index in [0.717, 1.165) is 17.2 Å². The monoisotopic (exact) mass is 358 g/mol. The molecule has 4 rings (SSSR count). The van der Waals surface area contributed by atoms with Gasteiger partial charge in [-0.15, -0.1) is 4.68 Å². The van der Waals surface area contributed by atoms with Gasteiger partial charge in [-0.05, 0) is 48.4 Å². The van der Waals surface area contributed by atoms with Gasteiger partial charge in [0.25, 0.3) is 0 Å². The molecule has 1 aliphatic heterocycles. The van der Waals surface area contributed by atoms with E-state index in [9.17, 15) is 14.0 Å². The lowest BCUT2D eigenvalue weighted by Crippen LogP contribution is -2.40. The molecule has 0 bridgehead atoms. The van der Waals surface area contributed by atoms with Crippen LogP contribution < -0.4 is 5.69 Å². The van der Waals surface area contributed by atoms with E-state index in [-0.39, 0.29) is 11.7 Å². The van der Waals surface area contributed by atoms with E-state index in [1.165, 1.54) is 23.1 Å². The number of likely N-dealkylation sites (tertiary alicyclic amines) is 1. The van der Waals surface area contributed by atoms with Crippen LogP contribution in [0, 0.1) is 12.7 Å². The summed E-state index contributed by atoms with van der Waals surface area (Å²) in [5.41, 5.74) is 0.145. The number of carbonyl (C=O) groups is 1.